The summed E-state index contributed by atoms with van der Waals surface area (Å²) in [6.45, 7) is 3.42. The first-order valence-corrected chi connectivity index (χ1v) is 10.1. The number of rotatable bonds is 9. The molecule has 0 radical (unpaired) electrons. The van der Waals surface area contributed by atoms with Gasteiger partial charge in [-0.25, -0.2) is 4.39 Å². The lowest BCUT2D eigenvalue weighted by molar-refractivity contribution is -0.0491. The Morgan fingerprint density at radius 2 is 2.15 bits per heavy atom. The SMILES string of the molecule is C=C(CF)NC(=CC(=N)Cl)NC[C@H]1CCC[C@@H](c2ccc(SC)cc2)O1. The van der Waals surface area contributed by atoms with Crippen LogP contribution in [0.1, 0.15) is 30.9 Å². The number of nitrogens with one attached hydrogen (secondary N) is 3. The quantitative estimate of drug-likeness (QED) is 0.416. The maximum absolute atomic E-state index is 12.6. The van der Waals surface area contributed by atoms with Gasteiger partial charge in [-0.05, 0) is 43.2 Å². The predicted octanol–water partition coefficient (Wildman–Crippen LogP) is 4.74. The molecule has 1 aliphatic heterocycles. The van der Waals surface area contributed by atoms with Crippen LogP contribution in [-0.4, -0.2) is 30.7 Å². The van der Waals surface area contributed by atoms with Gasteiger partial charge in [0, 0.05) is 23.2 Å². The highest BCUT2D eigenvalue weighted by Crippen LogP contribution is 2.31. The molecule has 2 atom stereocenters. The standard InChI is InChI=1S/C19H25ClFN3OS/c1-13(11-21)24-19(10-18(20)22)23-12-15-4-3-5-17(25-15)14-6-8-16(26-2)9-7-14/h6-10,15,17,22-24H,1,3-5,11-12H2,2H3/t15-,17+/m1/s1. The van der Waals surface area contributed by atoms with Crippen LogP contribution in [0.25, 0.3) is 0 Å². The molecule has 142 valence electrons. The minimum atomic E-state index is -0.692. The molecule has 7 heteroatoms. The van der Waals surface area contributed by atoms with Crippen molar-refractivity contribution in [2.24, 2.45) is 0 Å². The lowest BCUT2D eigenvalue weighted by Crippen LogP contribution is -2.36. The van der Waals surface area contributed by atoms with E-state index < -0.39 is 6.67 Å². The molecular formula is C19H25ClFN3OS. The van der Waals surface area contributed by atoms with Crippen LogP contribution in [0, 0.1) is 5.41 Å². The maximum atomic E-state index is 12.6. The van der Waals surface area contributed by atoms with Crippen LogP contribution >= 0.6 is 23.4 Å². The van der Waals surface area contributed by atoms with Crippen molar-refractivity contribution in [2.45, 2.75) is 36.4 Å². The highest BCUT2D eigenvalue weighted by Gasteiger charge is 2.23. The van der Waals surface area contributed by atoms with Gasteiger partial charge in [0.1, 0.15) is 17.7 Å². The average molecular weight is 398 g/mol. The number of hydrogen-bond acceptors (Lipinski definition) is 5. The summed E-state index contributed by atoms with van der Waals surface area (Å²) in [6, 6.07) is 8.48. The Balaban J connectivity index is 1.93. The third-order valence-corrected chi connectivity index (χ3v) is 4.95. The van der Waals surface area contributed by atoms with Gasteiger partial charge in [-0.2, -0.15) is 0 Å². The van der Waals surface area contributed by atoms with E-state index in [-0.39, 0.29) is 23.1 Å². The van der Waals surface area contributed by atoms with Gasteiger partial charge in [0.05, 0.1) is 12.2 Å². The molecular weight excluding hydrogens is 373 g/mol. The van der Waals surface area contributed by atoms with Crippen LogP contribution in [0.15, 0.2) is 53.3 Å². The summed E-state index contributed by atoms with van der Waals surface area (Å²) in [5.74, 6) is 0.447. The van der Waals surface area contributed by atoms with Crippen molar-refractivity contribution in [3.8, 4) is 0 Å². The van der Waals surface area contributed by atoms with Crippen LogP contribution < -0.4 is 10.6 Å². The number of hydrogen-bond donors (Lipinski definition) is 3. The second kappa shape index (κ2) is 10.6. The number of allylic oxidation sites excluding steroid dienone is 2. The Morgan fingerprint density at radius 3 is 2.77 bits per heavy atom. The van der Waals surface area contributed by atoms with E-state index in [0.717, 1.165) is 19.3 Å². The Hall–Kier alpha value is -1.50. The predicted molar refractivity (Wildman–Crippen MR) is 108 cm³/mol. The van der Waals surface area contributed by atoms with E-state index in [1.807, 2.05) is 0 Å². The zero-order valence-corrected chi connectivity index (χ0v) is 16.4. The van der Waals surface area contributed by atoms with Crippen LogP contribution in [0.5, 0.6) is 0 Å². The van der Waals surface area contributed by atoms with Gasteiger partial charge < -0.3 is 15.4 Å². The number of ether oxygens (including phenoxy) is 1. The Kier molecular flexibility index (Phi) is 8.48. The van der Waals surface area contributed by atoms with Crippen molar-refractivity contribution in [1.82, 2.24) is 10.6 Å². The van der Waals surface area contributed by atoms with Gasteiger partial charge >= 0.3 is 0 Å². The number of thioether (sulfide) groups is 1. The minimum absolute atomic E-state index is 0.0299. The molecule has 0 amide bonds. The van der Waals surface area contributed by atoms with Crippen molar-refractivity contribution in [1.29, 1.82) is 5.41 Å². The highest BCUT2D eigenvalue weighted by molar-refractivity contribution is 7.98. The first-order chi connectivity index (χ1) is 12.5. The summed E-state index contributed by atoms with van der Waals surface area (Å²) in [7, 11) is 0. The molecule has 1 saturated heterocycles. The van der Waals surface area contributed by atoms with Crippen molar-refractivity contribution in [3.63, 3.8) is 0 Å². The smallest absolute Gasteiger partial charge is 0.129 e. The third kappa shape index (κ3) is 6.67. The van der Waals surface area contributed by atoms with Gasteiger partial charge in [0.25, 0.3) is 0 Å². The topological polar surface area (TPSA) is 57.1 Å². The van der Waals surface area contributed by atoms with E-state index in [4.69, 9.17) is 21.7 Å². The molecule has 0 spiro atoms. The van der Waals surface area contributed by atoms with E-state index in [1.54, 1.807) is 11.8 Å². The molecule has 0 bridgehead atoms. The Bertz CT molecular complexity index is 651. The number of alkyl halides is 1. The molecule has 1 fully saturated rings. The van der Waals surface area contributed by atoms with Gasteiger partial charge in [0.2, 0.25) is 0 Å². The van der Waals surface area contributed by atoms with Crippen molar-refractivity contribution >= 4 is 28.5 Å². The van der Waals surface area contributed by atoms with E-state index in [0.29, 0.717) is 12.4 Å². The average Bonchev–Trinajstić information content (AvgIpc) is 2.66. The summed E-state index contributed by atoms with van der Waals surface area (Å²) < 4.78 is 18.9. The van der Waals surface area contributed by atoms with E-state index >= 15 is 0 Å². The maximum Gasteiger partial charge on any atom is 0.129 e. The number of benzene rings is 1. The molecule has 0 saturated carbocycles. The fraction of sp³-hybridized carbons (Fsp3) is 0.421. The largest absolute Gasteiger partial charge is 0.369 e. The normalized spacial score (nSPS) is 20.5. The van der Waals surface area contributed by atoms with Crippen molar-refractivity contribution < 1.29 is 9.13 Å². The van der Waals surface area contributed by atoms with Crippen LogP contribution in [-0.2, 0) is 4.74 Å². The molecule has 0 aromatic heterocycles. The number of halogens is 2. The first-order valence-electron chi connectivity index (χ1n) is 8.51. The molecule has 26 heavy (non-hydrogen) atoms. The highest BCUT2D eigenvalue weighted by atomic mass is 35.5. The van der Waals surface area contributed by atoms with Gasteiger partial charge in [0.15, 0.2) is 0 Å². The van der Waals surface area contributed by atoms with Crippen LogP contribution in [0.4, 0.5) is 4.39 Å². The van der Waals surface area contributed by atoms with E-state index in [9.17, 15) is 4.39 Å². The zero-order chi connectivity index (χ0) is 18.9. The second-order valence-corrected chi connectivity index (χ2v) is 7.39. The van der Waals surface area contributed by atoms with Crippen molar-refractivity contribution in [3.05, 3.63) is 54.0 Å². The summed E-state index contributed by atoms with van der Waals surface area (Å²) in [5.41, 5.74) is 1.40. The summed E-state index contributed by atoms with van der Waals surface area (Å²) in [4.78, 5) is 1.24. The van der Waals surface area contributed by atoms with Crippen LogP contribution in [0.2, 0.25) is 0 Å². The third-order valence-electron chi connectivity index (χ3n) is 4.10. The van der Waals surface area contributed by atoms with Gasteiger partial charge in [-0.3, -0.25) is 5.41 Å². The van der Waals surface area contributed by atoms with Gasteiger partial charge in [-0.1, -0.05) is 30.3 Å². The fourth-order valence-corrected chi connectivity index (χ4v) is 3.34. The van der Waals surface area contributed by atoms with E-state index in [2.05, 4.69) is 47.7 Å². The zero-order valence-electron chi connectivity index (χ0n) is 14.9. The Morgan fingerprint density at radius 1 is 1.42 bits per heavy atom. The second-order valence-electron chi connectivity index (χ2n) is 6.10. The van der Waals surface area contributed by atoms with Gasteiger partial charge in [-0.15, -0.1) is 11.8 Å². The summed E-state index contributed by atoms with van der Waals surface area (Å²) in [6.07, 6.45) is 6.59. The fourth-order valence-electron chi connectivity index (χ4n) is 2.82. The molecule has 1 heterocycles. The molecule has 0 unspecified atom stereocenters. The van der Waals surface area contributed by atoms with E-state index in [1.165, 1.54) is 16.5 Å². The molecule has 3 N–H and O–H groups in total. The monoisotopic (exact) mass is 397 g/mol. The molecule has 1 aromatic rings. The van der Waals surface area contributed by atoms with Crippen molar-refractivity contribution in [2.75, 3.05) is 19.5 Å². The minimum Gasteiger partial charge on any atom is -0.369 e. The molecule has 2 rings (SSSR count). The molecule has 0 aliphatic carbocycles. The summed E-state index contributed by atoms with van der Waals surface area (Å²) >= 11 is 7.34. The Labute approximate surface area is 163 Å². The first kappa shape index (κ1) is 20.8. The lowest BCUT2D eigenvalue weighted by atomic mass is 9.98. The molecule has 1 aromatic carbocycles. The van der Waals surface area contributed by atoms with Crippen LogP contribution in [0.3, 0.4) is 0 Å². The molecule has 4 nitrogen and oxygen atoms in total. The lowest BCUT2D eigenvalue weighted by Gasteiger charge is -2.31. The molecule has 1 aliphatic rings. The summed E-state index contributed by atoms with van der Waals surface area (Å²) in [5, 5.41) is 13.2.